The van der Waals surface area contributed by atoms with Gasteiger partial charge < -0.3 is 0 Å². The number of aromatic nitrogens is 1. The van der Waals surface area contributed by atoms with E-state index in [0.717, 1.165) is 34.5 Å². The molecule has 3 atom stereocenters. The molecular weight excluding hydrogens is 516 g/mol. The van der Waals surface area contributed by atoms with Gasteiger partial charge in [0.15, 0.2) is 0 Å². The topological polar surface area (TPSA) is 42.1 Å². The van der Waals surface area contributed by atoms with Gasteiger partial charge in [-0.05, 0) is 0 Å². The number of esters is 1. The van der Waals surface area contributed by atoms with Gasteiger partial charge in [0.05, 0.1) is 0 Å². The van der Waals surface area contributed by atoms with Gasteiger partial charge in [-0.15, -0.1) is 0 Å². The number of hydrogen-bond donors (Lipinski definition) is 1. The van der Waals surface area contributed by atoms with Gasteiger partial charge in [-0.25, -0.2) is 0 Å². The predicted octanol–water partition coefficient (Wildman–Crippen LogP) is 7.64. The van der Waals surface area contributed by atoms with Crippen LogP contribution in [0.25, 0.3) is 10.9 Å². The molecule has 6 heteroatoms. The van der Waals surface area contributed by atoms with Gasteiger partial charge in [-0.1, -0.05) is 11.6 Å². The molecule has 1 saturated carbocycles. The van der Waals surface area contributed by atoms with Gasteiger partial charge in [0, 0.05) is 5.02 Å². The first kappa shape index (κ1) is 24.7. The number of fused-ring (bicyclic) bond motifs is 1. The van der Waals surface area contributed by atoms with E-state index in [-0.39, 0.29) is 5.97 Å². The maximum atomic E-state index is 13.2. The molecule has 1 fully saturated rings. The third-order valence-corrected chi connectivity index (χ3v) is 9.04. The zero-order valence-corrected chi connectivity index (χ0v) is 23.4. The minimum absolute atomic E-state index is 0.299. The van der Waals surface area contributed by atoms with E-state index in [4.69, 9.17) is 27.9 Å². The van der Waals surface area contributed by atoms with Crippen LogP contribution in [0.3, 0.4) is 0 Å². The third-order valence-electron chi connectivity index (χ3n) is 7.06. The summed E-state index contributed by atoms with van der Waals surface area (Å²) in [6.07, 6.45) is 7.30. The molecule has 3 nitrogen and oxygen atoms in total. The van der Waals surface area contributed by atoms with Gasteiger partial charge in [-0.3, -0.25) is 0 Å². The molecule has 0 aliphatic heterocycles. The molecule has 33 heavy (non-hydrogen) atoms. The average molecular weight is 548 g/mol. The molecule has 0 bridgehead atoms. The van der Waals surface area contributed by atoms with Crippen molar-refractivity contribution in [3.05, 3.63) is 68.8 Å². The van der Waals surface area contributed by atoms with E-state index >= 15 is 0 Å². The van der Waals surface area contributed by atoms with Crippen molar-refractivity contribution >= 4 is 56.9 Å². The fourth-order valence-electron chi connectivity index (χ4n) is 5.21. The summed E-state index contributed by atoms with van der Waals surface area (Å²) < 4.78 is 6.14. The summed E-state index contributed by atoms with van der Waals surface area (Å²) in [5.41, 5.74) is 4.40. The van der Waals surface area contributed by atoms with E-state index in [0.29, 0.717) is 19.8 Å². The van der Waals surface area contributed by atoms with E-state index in [1.807, 2.05) is 30.7 Å². The van der Waals surface area contributed by atoms with Crippen molar-refractivity contribution in [1.29, 1.82) is 0 Å². The summed E-state index contributed by atoms with van der Waals surface area (Å²) in [5, 5.41) is 1.98. The van der Waals surface area contributed by atoms with Gasteiger partial charge in [0.1, 0.15) is 0 Å². The van der Waals surface area contributed by atoms with Crippen molar-refractivity contribution in [2.24, 2.45) is 5.92 Å². The van der Waals surface area contributed by atoms with Gasteiger partial charge in [0.25, 0.3) is 0 Å². The standard InChI is InChI=1S/C27H32AsCl2NO2/c1-16-25(26(32)33-17(2)21-11-10-20(29)14-23(21)30)22-13-18(9-12-24(22)31-16)15-27(3,28)19-7-5-4-6-8-19/h9-14,17,19,31H,4-8,15,28H2,1-3H3. The minimum atomic E-state index is -0.484. The first-order chi connectivity index (χ1) is 15.7. The molecule has 0 saturated heterocycles. The average Bonchev–Trinajstić information content (AvgIpc) is 3.09. The molecule has 4 rings (SSSR count). The Hall–Kier alpha value is -1.41. The molecule has 2 aromatic carbocycles. The Labute approximate surface area is 215 Å². The van der Waals surface area contributed by atoms with Crippen LogP contribution in [0.2, 0.25) is 14.2 Å². The van der Waals surface area contributed by atoms with Crippen LogP contribution < -0.4 is 0 Å². The number of carbonyl (C=O) groups excluding carboxylic acids is 1. The number of H-pyrrole nitrogens is 1. The molecule has 176 valence electrons. The number of aryl methyl sites for hydroxylation is 1. The zero-order valence-electron chi connectivity index (χ0n) is 19.5. The first-order valence-electron chi connectivity index (χ1n) is 11.7. The normalized spacial score (nSPS) is 17.6. The Morgan fingerprint density at radius 2 is 1.91 bits per heavy atom. The molecule has 0 amide bonds. The van der Waals surface area contributed by atoms with Crippen LogP contribution >= 0.6 is 23.2 Å². The van der Waals surface area contributed by atoms with E-state index in [1.54, 1.807) is 18.2 Å². The molecule has 3 aromatic rings. The number of rotatable bonds is 6. The fraction of sp³-hybridized carbons (Fsp3) is 0.444. The van der Waals surface area contributed by atoms with E-state index in [9.17, 15) is 4.79 Å². The van der Waals surface area contributed by atoms with Crippen molar-refractivity contribution in [2.45, 2.75) is 69.6 Å². The van der Waals surface area contributed by atoms with E-state index in [1.165, 1.54) is 37.7 Å². The Morgan fingerprint density at radius 1 is 1.18 bits per heavy atom. The Morgan fingerprint density at radius 3 is 2.61 bits per heavy atom. The molecule has 1 aliphatic rings. The molecule has 0 spiro atoms. The maximum absolute atomic E-state index is 13.2. The number of ether oxygens (including phenoxy) is 1. The second-order valence-corrected chi connectivity index (χ2v) is 13.3. The summed E-state index contributed by atoms with van der Waals surface area (Å²) in [6, 6.07) is 11.7. The Balaban J connectivity index is 1.58. The summed E-state index contributed by atoms with van der Waals surface area (Å²) in [4.78, 5) is 16.6. The number of aromatic amines is 1. The van der Waals surface area contributed by atoms with Crippen LogP contribution in [0.4, 0.5) is 0 Å². The molecule has 1 heterocycles. The van der Waals surface area contributed by atoms with Crippen LogP contribution in [0.15, 0.2) is 36.4 Å². The number of hydrogen-bond acceptors (Lipinski definition) is 2. The number of nitrogens with one attached hydrogen (secondary N) is 1. The van der Waals surface area contributed by atoms with E-state index < -0.39 is 6.10 Å². The summed E-state index contributed by atoms with van der Waals surface area (Å²) >= 11 is 14.2. The molecule has 3 unspecified atom stereocenters. The number of carbonyl (C=O) groups is 1. The number of benzene rings is 2. The van der Waals surface area contributed by atoms with Gasteiger partial charge in [0.2, 0.25) is 0 Å². The van der Waals surface area contributed by atoms with Crippen molar-refractivity contribution in [3.63, 3.8) is 0 Å². The van der Waals surface area contributed by atoms with Gasteiger partial charge >= 0.3 is 199 Å². The van der Waals surface area contributed by atoms with Crippen LogP contribution in [0.1, 0.15) is 79.2 Å². The quantitative estimate of drug-likeness (QED) is 0.254. The number of halogens is 2. The van der Waals surface area contributed by atoms with Crippen LogP contribution in [0.5, 0.6) is 0 Å². The van der Waals surface area contributed by atoms with Crippen molar-refractivity contribution < 1.29 is 9.53 Å². The van der Waals surface area contributed by atoms with Gasteiger partial charge in [-0.2, -0.15) is 0 Å². The summed E-state index contributed by atoms with van der Waals surface area (Å²) in [7, 11) is 0. The first-order valence-corrected chi connectivity index (χ1v) is 13.7. The van der Waals surface area contributed by atoms with Crippen molar-refractivity contribution in [2.75, 3.05) is 0 Å². The summed E-state index contributed by atoms with van der Waals surface area (Å²) in [5.74, 6) is 0.439. The second-order valence-electron chi connectivity index (χ2n) is 9.74. The van der Waals surface area contributed by atoms with Crippen molar-refractivity contribution in [1.82, 2.24) is 4.98 Å². The molecule has 1 aromatic heterocycles. The Bertz CT molecular complexity index is 1160. The van der Waals surface area contributed by atoms with Crippen LogP contribution in [-0.4, -0.2) is 27.8 Å². The molecule has 1 N–H and O–H groups in total. The van der Waals surface area contributed by atoms with Crippen molar-refractivity contribution in [3.8, 4) is 0 Å². The third kappa shape index (κ3) is 5.47. The van der Waals surface area contributed by atoms with Crippen LogP contribution in [-0.2, 0) is 11.2 Å². The Kier molecular flexibility index (Phi) is 7.53. The molecule has 0 radical (unpaired) electrons. The predicted molar refractivity (Wildman–Crippen MR) is 141 cm³/mol. The SMILES string of the molecule is Cc1[nH]c2ccc(CC(C)([AsH2])C3CCCCC3)cc2c1C(=O)OC(C)c1ccc(Cl)cc1Cl. The second kappa shape index (κ2) is 10.1. The summed E-state index contributed by atoms with van der Waals surface area (Å²) in [6.45, 7) is 6.17. The fourth-order valence-corrected chi connectivity index (χ4v) is 6.96. The molecular formula is C27H32AsCl2NO2. The zero-order chi connectivity index (χ0) is 23.8. The van der Waals surface area contributed by atoms with E-state index in [2.05, 4.69) is 30.1 Å². The van der Waals surface area contributed by atoms with Crippen LogP contribution in [0, 0.1) is 12.8 Å². The molecule has 1 aliphatic carbocycles. The monoisotopic (exact) mass is 547 g/mol.